The van der Waals surface area contributed by atoms with Gasteiger partial charge in [0, 0.05) is 13.1 Å². The van der Waals surface area contributed by atoms with E-state index in [-0.39, 0.29) is 5.91 Å². The van der Waals surface area contributed by atoms with Gasteiger partial charge in [0.1, 0.15) is 0 Å². The molecule has 1 atom stereocenters. The Morgan fingerprint density at radius 1 is 1.42 bits per heavy atom. The minimum absolute atomic E-state index is 0.0444. The molecule has 19 heavy (non-hydrogen) atoms. The predicted octanol–water partition coefficient (Wildman–Crippen LogP) is 2.03. The van der Waals surface area contributed by atoms with E-state index in [1.807, 2.05) is 32.0 Å². The first-order valence-electron chi connectivity index (χ1n) is 6.66. The number of nitrogens with zero attached hydrogens (tertiary/aromatic N) is 2. The van der Waals surface area contributed by atoms with E-state index in [2.05, 4.69) is 6.07 Å². The molecule has 0 unspecified atom stereocenters. The number of hydrogen-bond acceptors (Lipinski definition) is 3. The first kappa shape index (κ1) is 15.2. The molecule has 4 nitrogen and oxygen atoms in total. The Labute approximate surface area is 114 Å². The number of nitriles is 1. The lowest BCUT2D eigenvalue weighted by molar-refractivity contribution is -0.133. The highest BCUT2D eigenvalue weighted by atomic mass is 16.2. The second kappa shape index (κ2) is 7.55. The normalized spacial score (nSPS) is 11.7. The number of amides is 1. The van der Waals surface area contributed by atoms with Crippen molar-refractivity contribution in [1.29, 1.82) is 5.26 Å². The van der Waals surface area contributed by atoms with Gasteiger partial charge in [-0.05, 0) is 25.0 Å². The van der Waals surface area contributed by atoms with E-state index < -0.39 is 6.04 Å². The molecule has 0 saturated carbocycles. The fourth-order valence-electron chi connectivity index (χ4n) is 1.99. The molecule has 0 aliphatic rings. The van der Waals surface area contributed by atoms with Crippen LogP contribution in [0.5, 0.6) is 0 Å². The molecule has 0 aromatic heterocycles. The highest BCUT2D eigenvalue weighted by Crippen LogP contribution is 2.12. The van der Waals surface area contributed by atoms with Crippen LogP contribution >= 0.6 is 0 Å². The molecule has 0 bridgehead atoms. The molecule has 2 N–H and O–H groups in total. The molecule has 0 spiro atoms. The number of carbonyl (C=O) groups is 1. The predicted molar refractivity (Wildman–Crippen MR) is 75.1 cm³/mol. The van der Waals surface area contributed by atoms with Crippen molar-refractivity contribution in [3.05, 3.63) is 35.4 Å². The van der Waals surface area contributed by atoms with Gasteiger partial charge in [0.25, 0.3) is 0 Å². The molecule has 0 radical (unpaired) electrons. The maximum absolute atomic E-state index is 12.2. The van der Waals surface area contributed by atoms with Crippen LogP contribution < -0.4 is 5.73 Å². The van der Waals surface area contributed by atoms with Crippen LogP contribution in [0.3, 0.4) is 0 Å². The van der Waals surface area contributed by atoms with Gasteiger partial charge in [-0.1, -0.05) is 31.5 Å². The summed E-state index contributed by atoms with van der Waals surface area (Å²) in [4.78, 5) is 13.9. The molecule has 1 aromatic rings. The summed E-state index contributed by atoms with van der Waals surface area (Å²) < 4.78 is 0. The summed E-state index contributed by atoms with van der Waals surface area (Å²) in [5, 5.41) is 9.06. The van der Waals surface area contributed by atoms with Gasteiger partial charge in [0.2, 0.25) is 5.91 Å². The maximum atomic E-state index is 12.2. The summed E-state index contributed by atoms with van der Waals surface area (Å²) in [6.45, 7) is 4.96. The van der Waals surface area contributed by atoms with Crippen molar-refractivity contribution in [1.82, 2.24) is 4.90 Å². The molecule has 0 saturated heterocycles. The van der Waals surface area contributed by atoms with Crippen LogP contribution in [0, 0.1) is 11.3 Å². The van der Waals surface area contributed by atoms with E-state index in [0.29, 0.717) is 25.1 Å². The van der Waals surface area contributed by atoms with Crippen LogP contribution in [0.4, 0.5) is 0 Å². The third kappa shape index (κ3) is 4.08. The van der Waals surface area contributed by atoms with E-state index >= 15 is 0 Å². The fourth-order valence-corrected chi connectivity index (χ4v) is 1.99. The van der Waals surface area contributed by atoms with Crippen LogP contribution in [0.15, 0.2) is 24.3 Å². The summed E-state index contributed by atoms with van der Waals surface area (Å²) >= 11 is 0. The van der Waals surface area contributed by atoms with E-state index in [1.54, 1.807) is 11.0 Å². The molecule has 0 aliphatic heterocycles. The molecule has 102 valence electrons. The first-order valence-corrected chi connectivity index (χ1v) is 6.66. The molecule has 0 fully saturated rings. The molecule has 1 rings (SSSR count). The zero-order valence-electron chi connectivity index (χ0n) is 11.6. The Bertz CT molecular complexity index is 465. The Morgan fingerprint density at radius 2 is 2.11 bits per heavy atom. The summed E-state index contributed by atoms with van der Waals surface area (Å²) in [6, 6.07) is 9.04. The minimum atomic E-state index is -0.445. The Morgan fingerprint density at radius 3 is 2.68 bits per heavy atom. The molecule has 0 aliphatic carbocycles. The van der Waals surface area contributed by atoms with Crippen molar-refractivity contribution >= 4 is 5.91 Å². The molecule has 0 heterocycles. The highest BCUT2D eigenvalue weighted by molar-refractivity contribution is 5.81. The van der Waals surface area contributed by atoms with Crippen molar-refractivity contribution in [2.45, 2.75) is 39.3 Å². The third-order valence-corrected chi connectivity index (χ3v) is 3.11. The lowest BCUT2D eigenvalue weighted by Gasteiger charge is -2.24. The summed E-state index contributed by atoms with van der Waals surface area (Å²) in [6.07, 6.45) is 1.58. The van der Waals surface area contributed by atoms with Crippen LogP contribution in [-0.4, -0.2) is 23.4 Å². The molecule has 1 aromatic carbocycles. The number of benzene rings is 1. The highest BCUT2D eigenvalue weighted by Gasteiger charge is 2.19. The van der Waals surface area contributed by atoms with E-state index in [9.17, 15) is 4.79 Å². The van der Waals surface area contributed by atoms with Crippen molar-refractivity contribution in [2.75, 3.05) is 6.54 Å². The van der Waals surface area contributed by atoms with Crippen LogP contribution in [0.25, 0.3) is 0 Å². The lowest BCUT2D eigenvalue weighted by atomic mass is 10.1. The second-order valence-electron chi connectivity index (χ2n) is 4.52. The summed E-state index contributed by atoms with van der Waals surface area (Å²) in [5.74, 6) is -0.0444. The van der Waals surface area contributed by atoms with E-state index in [1.165, 1.54) is 0 Å². The number of hydrogen-bond donors (Lipinski definition) is 1. The number of carbonyl (C=O) groups excluding carboxylic acids is 1. The molecule has 1 amide bonds. The van der Waals surface area contributed by atoms with Crippen LogP contribution in [0.1, 0.15) is 37.8 Å². The smallest absolute Gasteiger partial charge is 0.239 e. The second-order valence-corrected chi connectivity index (χ2v) is 4.52. The topological polar surface area (TPSA) is 70.1 Å². The minimum Gasteiger partial charge on any atom is -0.337 e. The van der Waals surface area contributed by atoms with Gasteiger partial charge in [-0.25, -0.2) is 0 Å². The van der Waals surface area contributed by atoms with E-state index in [0.717, 1.165) is 12.0 Å². The average molecular weight is 259 g/mol. The lowest BCUT2D eigenvalue weighted by Crippen LogP contribution is -2.43. The third-order valence-electron chi connectivity index (χ3n) is 3.11. The van der Waals surface area contributed by atoms with Crippen LogP contribution in [0.2, 0.25) is 0 Å². The maximum Gasteiger partial charge on any atom is 0.239 e. The van der Waals surface area contributed by atoms with Crippen molar-refractivity contribution in [3.8, 4) is 6.07 Å². The summed E-state index contributed by atoms with van der Waals surface area (Å²) in [7, 11) is 0. The van der Waals surface area contributed by atoms with Crippen LogP contribution in [-0.2, 0) is 11.3 Å². The molecular formula is C15H21N3O. The number of likely N-dealkylation sites (N-methyl/N-ethyl adjacent to an activating group) is 1. The van der Waals surface area contributed by atoms with E-state index in [4.69, 9.17) is 11.0 Å². The molecule has 4 heteroatoms. The Kier molecular flexibility index (Phi) is 6.04. The largest absolute Gasteiger partial charge is 0.337 e. The summed E-state index contributed by atoms with van der Waals surface area (Å²) in [5.41, 5.74) is 7.35. The number of rotatable bonds is 6. The number of nitrogens with two attached hydrogens (primary N) is 1. The van der Waals surface area contributed by atoms with Gasteiger partial charge >= 0.3 is 0 Å². The van der Waals surface area contributed by atoms with Gasteiger partial charge in [0.05, 0.1) is 17.7 Å². The van der Waals surface area contributed by atoms with Crippen molar-refractivity contribution in [2.24, 2.45) is 5.73 Å². The molecular weight excluding hydrogens is 238 g/mol. The van der Waals surface area contributed by atoms with Gasteiger partial charge in [-0.15, -0.1) is 0 Å². The average Bonchev–Trinajstić information content (AvgIpc) is 2.44. The van der Waals surface area contributed by atoms with Crippen molar-refractivity contribution < 1.29 is 4.79 Å². The van der Waals surface area contributed by atoms with Gasteiger partial charge in [0.15, 0.2) is 0 Å². The van der Waals surface area contributed by atoms with Gasteiger partial charge in [-0.3, -0.25) is 4.79 Å². The van der Waals surface area contributed by atoms with Gasteiger partial charge in [-0.2, -0.15) is 5.26 Å². The SMILES string of the molecule is CCC[C@@H](N)C(=O)N(CC)Cc1ccccc1C#N. The standard InChI is InChI=1S/C15H21N3O/c1-3-7-14(17)15(19)18(4-2)11-13-9-6-5-8-12(13)10-16/h5-6,8-9,14H,3-4,7,11,17H2,1-2H3/t14-/m1/s1. The Balaban J connectivity index is 2.82. The van der Waals surface area contributed by atoms with Crippen molar-refractivity contribution in [3.63, 3.8) is 0 Å². The zero-order chi connectivity index (χ0) is 14.3. The monoisotopic (exact) mass is 259 g/mol. The zero-order valence-corrected chi connectivity index (χ0v) is 11.6. The fraction of sp³-hybridized carbons (Fsp3) is 0.467. The first-order chi connectivity index (χ1) is 9.13. The van der Waals surface area contributed by atoms with Gasteiger partial charge < -0.3 is 10.6 Å². The quantitative estimate of drug-likeness (QED) is 0.849. The Hall–Kier alpha value is -1.86.